The number of aliphatic imine (C=N–C) groups is 1. The highest BCUT2D eigenvalue weighted by Crippen LogP contribution is 2.50. The molecule has 3 aliphatic rings. The van der Waals surface area contributed by atoms with E-state index in [0.717, 1.165) is 42.9 Å². The van der Waals surface area contributed by atoms with Crippen LogP contribution >= 0.6 is 0 Å². The highest BCUT2D eigenvalue weighted by molar-refractivity contribution is 6.05. The molecule has 0 aliphatic carbocycles. The molecule has 1 aromatic rings. The van der Waals surface area contributed by atoms with E-state index in [4.69, 9.17) is 14.5 Å². The van der Waals surface area contributed by atoms with Crippen molar-refractivity contribution in [3.8, 4) is 5.75 Å². The van der Waals surface area contributed by atoms with E-state index >= 15 is 0 Å². The highest BCUT2D eigenvalue weighted by Gasteiger charge is 2.52. The topological polar surface area (TPSA) is 71.4 Å². The summed E-state index contributed by atoms with van der Waals surface area (Å²) >= 11 is 0. The fraction of sp³-hybridized carbons (Fsp3) is 0.579. The van der Waals surface area contributed by atoms with Crippen molar-refractivity contribution in [3.63, 3.8) is 0 Å². The second-order valence-corrected chi connectivity index (χ2v) is 7.18. The summed E-state index contributed by atoms with van der Waals surface area (Å²) in [5.74, 6) is 0.793. The van der Waals surface area contributed by atoms with Crippen molar-refractivity contribution in [1.29, 1.82) is 0 Å². The van der Waals surface area contributed by atoms with Crippen LogP contribution in [0.25, 0.3) is 0 Å². The molecule has 4 rings (SSSR count). The van der Waals surface area contributed by atoms with Gasteiger partial charge in [-0.05, 0) is 43.9 Å². The molecule has 3 aliphatic heterocycles. The van der Waals surface area contributed by atoms with Crippen molar-refractivity contribution in [2.75, 3.05) is 27.3 Å². The second kappa shape index (κ2) is 6.11. The lowest BCUT2D eigenvalue weighted by Crippen LogP contribution is -2.58. The van der Waals surface area contributed by atoms with E-state index in [0.29, 0.717) is 18.6 Å². The number of ether oxygens (including phenoxy) is 2. The number of carbonyl (C=O) groups is 1. The highest BCUT2D eigenvalue weighted by atomic mass is 16.5. The minimum atomic E-state index is -1.06. The summed E-state index contributed by atoms with van der Waals surface area (Å²) in [5, 5.41) is 11.5. The number of methoxy groups -OCH3 is 2. The van der Waals surface area contributed by atoms with Gasteiger partial charge in [-0.2, -0.15) is 0 Å². The minimum Gasteiger partial charge on any atom is -0.496 e. The van der Waals surface area contributed by atoms with Gasteiger partial charge in [0.25, 0.3) is 0 Å². The lowest BCUT2D eigenvalue weighted by atomic mass is 9.75. The zero-order valence-corrected chi connectivity index (χ0v) is 14.7. The van der Waals surface area contributed by atoms with Gasteiger partial charge in [-0.1, -0.05) is 6.07 Å². The number of hydrogen-bond acceptors (Lipinski definition) is 6. The molecule has 3 heterocycles. The summed E-state index contributed by atoms with van der Waals surface area (Å²) < 4.78 is 10.3. The van der Waals surface area contributed by atoms with Crippen LogP contribution in [-0.4, -0.2) is 55.0 Å². The van der Waals surface area contributed by atoms with E-state index in [1.165, 1.54) is 7.11 Å². The molecule has 0 spiro atoms. The van der Waals surface area contributed by atoms with E-state index in [9.17, 15) is 9.90 Å². The monoisotopic (exact) mass is 344 g/mol. The Morgan fingerprint density at radius 3 is 3.00 bits per heavy atom. The van der Waals surface area contributed by atoms with Gasteiger partial charge in [-0.15, -0.1) is 0 Å². The molecular weight excluding hydrogens is 320 g/mol. The molecule has 6 heteroatoms. The number of benzene rings is 1. The second-order valence-electron chi connectivity index (χ2n) is 7.18. The number of carbonyl (C=O) groups excluding carboxylic acids is 1. The number of hydrogen-bond donors (Lipinski definition) is 1. The molecular formula is C19H24N2O4. The van der Waals surface area contributed by atoms with Crippen molar-refractivity contribution < 1.29 is 19.4 Å². The SMILES string of the molecule is COC(=O)CC1CCN2CC[C@@]3(O)C(=Nc4cccc(OC)c43)C2C1. The lowest BCUT2D eigenvalue weighted by Gasteiger charge is -2.47. The van der Waals surface area contributed by atoms with Crippen LogP contribution in [0.2, 0.25) is 0 Å². The molecule has 3 atom stereocenters. The Morgan fingerprint density at radius 2 is 2.24 bits per heavy atom. The summed E-state index contributed by atoms with van der Waals surface area (Å²) in [6.45, 7) is 1.75. The van der Waals surface area contributed by atoms with Gasteiger partial charge in [0.1, 0.15) is 11.4 Å². The largest absolute Gasteiger partial charge is 0.496 e. The maximum Gasteiger partial charge on any atom is 0.305 e. The van der Waals surface area contributed by atoms with Crippen LogP contribution in [0.15, 0.2) is 23.2 Å². The smallest absolute Gasteiger partial charge is 0.305 e. The van der Waals surface area contributed by atoms with Gasteiger partial charge in [0, 0.05) is 13.0 Å². The summed E-state index contributed by atoms with van der Waals surface area (Å²) in [4.78, 5) is 18.9. The first-order valence-electron chi connectivity index (χ1n) is 8.86. The van der Waals surface area contributed by atoms with Crippen LogP contribution in [0.5, 0.6) is 5.75 Å². The molecule has 0 amide bonds. The molecule has 0 bridgehead atoms. The predicted molar refractivity (Wildman–Crippen MR) is 93.3 cm³/mol. The number of nitrogens with zero attached hydrogens (tertiary/aromatic N) is 2. The van der Waals surface area contributed by atoms with Crippen LogP contribution in [0.1, 0.15) is 31.2 Å². The molecule has 0 saturated carbocycles. The van der Waals surface area contributed by atoms with Crippen molar-refractivity contribution in [1.82, 2.24) is 4.90 Å². The Kier molecular flexibility index (Phi) is 4.04. The molecule has 0 aromatic heterocycles. The number of esters is 1. The molecule has 25 heavy (non-hydrogen) atoms. The van der Waals surface area contributed by atoms with Gasteiger partial charge in [-0.25, -0.2) is 0 Å². The van der Waals surface area contributed by atoms with Gasteiger partial charge in [0.05, 0.1) is 37.2 Å². The molecule has 2 unspecified atom stereocenters. The first-order chi connectivity index (χ1) is 12.1. The summed E-state index contributed by atoms with van der Waals surface area (Å²) in [6, 6.07) is 5.78. The maximum atomic E-state index is 11.7. The molecule has 2 saturated heterocycles. The van der Waals surface area contributed by atoms with Gasteiger partial charge < -0.3 is 14.6 Å². The molecule has 1 N–H and O–H groups in total. The average Bonchev–Trinajstić information content (AvgIpc) is 2.95. The van der Waals surface area contributed by atoms with Crippen LogP contribution in [0, 0.1) is 5.92 Å². The lowest BCUT2D eigenvalue weighted by molar-refractivity contribution is -0.142. The number of fused-ring (bicyclic) bond motifs is 5. The number of piperidine rings is 2. The van der Waals surface area contributed by atoms with Crippen molar-refractivity contribution in [2.24, 2.45) is 10.9 Å². The van der Waals surface area contributed by atoms with E-state index in [1.807, 2.05) is 18.2 Å². The van der Waals surface area contributed by atoms with E-state index in [1.54, 1.807) is 7.11 Å². The summed E-state index contributed by atoms with van der Waals surface area (Å²) in [5.41, 5.74) is 1.35. The van der Waals surface area contributed by atoms with E-state index in [2.05, 4.69) is 4.90 Å². The number of aliphatic hydroxyl groups is 1. The minimum absolute atomic E-state index is 0.0688. The standard InChI is InChI=1S/C19H24N2O4/c1-24-15-5-3-4-13-17(15)19(23)7-9-21-8-6-12(11-16(22)25-2)10-14(21)18(19)20-13/h3-5,12,14,23H,6-11H2,1-2H3/t12?,14?,19-/m0/s1. The van der Waals surface area contributed by atoms with Crippen molar-refractivity contribution in [2.45, 2.75) is 37.3 Å². The summed E-state index contributed by atoms with van der Waals surface area (Å²) in [7, 11) is 3.06. The predicted octanol–water partition coefficient (Wildman–Crippen LogP) is 2.02. The van der Waals surface area contributed by atoms with Crippen LogP contribution in [0.3, 0.4) is 0 Å². The fourth-order valence-electron chi connectivity index (χ4n) is 4.60. The average molecular weight is 344 g/mol. The first kappa shape index (κ1) is 16.5. The van der Waals surface area contributed by atoms with Crippen molar-refractivity contribution in [3.05, 3.63) is 23.8 Å². The third-order valence-corrected chi connectivity index (χ3v) is 5.88. The molecule has 1 aromatic carbocycles. The molecule has 2 fully saturated rings. The van der Waals surface area contributed by atoms with Crippen LogP contribution < -0.4 is 4.74 Å². The van der Waals surface area contributed by atoms with E-state index < -0.39 is 5.60 Å². The van der Waals surface area contributed by atoms with E-state index in [-0.39, 0.29) is 17.9 Å². The third kappa shape index (κ3) is 2.55. The fourth-order valence-corrected chi connectivity index (χ4v) is 4.60. The van der Waals surface area contributed by atoms with Crippen LogP contribution in [-0.2, 0) is 15.1 Å². The molecule has 6 nitrogen and oxygen atoms in total. The van der Waals surface area contributed by atoms with Gasteiger partial charge >= 0.3 is 5.97 Å². The Hall–Kier alpha value is -1.92. The Morgan fingerprint density at radius 1 is 1.40 bits per heavy atom. The Balaban J connectivity index is 1.65. The quantitative estimate of drug-likeness (QED) is 0.850. The van der Waals surface area contributed by atoms with Crippen LogP contribution in [0.4, 0.5) is 5.69 Å². The van der Waals surface area contributed by atoms with Gasteiger partial charge in [0.15, 0.2) is 0 Å². The third-order valence-electron chi connectivity index (χ3n) is 5.88. The van der Waals surface area contributed by atoms with Crippen molar-refractivity contribution >= 4 is 17.4 Å². The molecule has 134 valence electrons. The first-order valence-corrected chi connectivity index (χ1v) is 8.86. The zero-order valence-electron chi connectivity index (χ0n) is 14.7. The Bertz CT molecular complexity index is 732. The van der Waals surface area contributed by atoms with Gasteiger partial charge in [-0.3, -0.25) is 14.7 Å². The number of rotatable bonds is 3. The Labute approximate surface area is 147 Å². The summed E-state index contributed by atoms with van der Waals surface area (Å²) in [6.07, 6.45) is 2.86. The van der Waals surface area contributed by atoms with Gasteiger partial charge in [0.2, 0.25) is 0 Å². The molecule has 0 radical (unpaired) electrons. The normalized spacial score (nSPS) is 30.8. The zero-order chi connectivity index (χ0) is 17.6. The maximum absolute atomic E-state index is 11.7.